The fourth-order valence-electron chi connectivity index (χ4n) is 2.46. The van der Waals surface area contributed by atoms with Gasteiger partial charge in [-0.1, -0.05) is 12.1 Å². The molecule has 0 radical (unpaired) electrons. The number of nitrogens with one attached hydrogen (secondary N) is 1. The summed E-state index contributed by atoms with van der Waals surface area (Å²) in [6.07, 6.45) is 2.34. The zero-order valence-electron chi connectivity index (χ0n) is 10.6. The Labute approximate surface area is 107 Å². The van der Waals surface area contributed by atoms with Gasteiger partial charge in [0.2, 0.25) is 0 Å². The van der Waals surface area contributed by atoms with E-state index in [1.54, 1.807) is 12.1 Å². The van der Waals surface area contributed by atoms with Crippen molar-refractivity contribution in [2.24, 2.45) is 0 Å². The van der Waals surface area contributed by atoms with E-state index in [1.165, 1.54) is 6.42 Å². The maximum atomic E-state index is 11.0. The van der Waals surface area contributed by atoms with Crippen LogP contribution < -0.4 is 10.2 Å². The molecule has 1 aromatic carbocycles. The van der Waals surface area contributed by atoms with Crippen LogP contribution in [0.4, 0.5) is 11.4 Å². The largest absolute Gasteiger partial charge is 0.365 e. The van der Waals surface area contributed by atoms with E-state index in [2.05, 4.69) is 10.2 Å². The molecule has 1 atom stereocenters. The Morgan fingerprint density at radius 3 is 2.89 bits per heavy atom. The van der Waals surface area contributed by atoms with Crippen molar-refractivity contribution >= 4 is 11.4 Å². The highest BCUT2D eigenvalue weighted by Gasteiger charge is 2.22. The minimum Gasteiger partial charge on any atom is -0.365 e. The van der Waals surface area contributed by atoms with E-state index < -0.39 is 0 Å². The first kappa shape index (κ1) is 12.8. The molecule has 0 aliphatic carbocycles. The van der Waals surface area contributed by atoms with Crippen molar-refractivity contribution in [3.63, 3.8) is 0 Å². The molecule has 98 valence electrons. The van der Waals surface area contributed by atoms with Crippen LogP contribution in [0, 0.1) is 10.1 Å². The van der Waals surface area contributed by atoms with Gasteiger partial charge in [-0.3, -0.25) is 10.1 Å². The van der Waals surface area contributed by atoms with E-state index in [1.807, 2.05) is 19.1 Å². The fourth-order valence-corrected chi connectivity index (χ4v) is 2.46. The highest BCUT2D eigenvalue weighted by molar-refractivity contribution is 5.63. The standard InChI is InChI=1S/C13H19N3O2/c1-2-15(10-11-6-5-9-14-11)12-7-3-4-8-13(12)16(17)18/h3-4,7-8,11,14H,2,5-6,9-10H2,1H3. The highest BCUT2D eigenvalue weighted by Crippen LogP contribution is 2.28. The Bertz CT molecular complexity index is 416. The molecule has 5 nitrogen and oxygen atoms in total. The molecule has 0 amide bonds. The molecule has 0 spiro atoms. The minimum absolute atomic E-state index is 0.192. The number of nitro groups is 1. The Hall–Kier alpha value is -1.62. The lowest BCUT2D eigenvalue weighted by molar-refractivity contribution is -0.384. The van der Waals surface area contributed by atoms with Crippen molar-refractivity contribution in [1.29, 1.82) is 0 Å². The third-order valence-corrected chi connectivity index (χ3v) is 3.40. The lowest BCUT2D eigenvalue weighted by atomic mass is 10.2. The van der Waals surface area contributed by atoms with E-state index in [0.29, 0.717) is 6.04 Å². The van der Waals surface area contributed by atoms with Crippen LogP contribution in [0.1, 0.15) is 19.8 Å². The molecule has 5 heteroatoms. The summed E-state index contributed by atoms with van der Waals surface area (Å²) in [4.78, 5) is 12.8. The topological polar surface area (TPSA) is 58.4 Å². The van der Waals surface area contributed by atoms with Gasteiger partial charge in [0.15, 0.2) is 0 Å². The van der Waals surface area contributed by atoms with Gasteiger partial charge in [-0.2, -0.15) is 0 Å². The molecule has 0 aromatic heterocycles. The molecule has 1 N–H and O–H groups in total. The van der Waals surface area contributed by atoms with Gasteiger partial charge in [0, 0.05) is 25.2 Å². The van der Waals surface area contributed by atoms with Gasteiger partial charge >= 0.3 is 0 Å². The average molecular weight is 249 g/mol. The van der Waals surface area contributed by atoms with E-state index in [0.717, 1.165) is 31.7 Å². The Balaban J connectivity index is 2.18. The zero-order chi connectivity index (χ0) is 13.0. The SMILES string of the molecule is CCN(CC1CCCN1)c1ccccc1[N+](=O)[O-]. The normalized spacial score (nSPS) is 18.8. The molecule has 1 fully saturated rings. The third kappa shape index (κ3) is 2.79. The van der Waals surface area contributed by atoms with Crippen molar-refractivity contribution in [3.8, 4) is 0 Å². The second-order valence-corrected chi connectivity index (χ2v) is 4.58. The summed E-state index contributed by atoms with van der Waals surface area (Å²) in [5, 5.41) is 14.5. The molecule has 18 heavy (non-hydrogen) atoms. The molecule has 2 rings (SSSR count). The van der Waals surface area contributed by atoms with Gasteiger partial charge in [0.25, 0.3) is 5.69 Å². The lowest BCUT2D eigenvalue weighted by Gasteiger charge is -2.26. The van der Waals surface area contributed by atoms with Gasteiger partial charge in [0.05, 0.1) is 4.92 Å². The zero-order valence-corrected chi connectivity index (χ0v) is 10.6. The maximum absolute atomic E-state index is 11.0. The number of hydrogen-bond donors (Lipinski definition) is 1. The van der Waals surface area contributed by atoms with Gasteiger partial charge in [0.1, 0.15) is 5.69 Å². The Morgan fingerprint density at radius 1 is 1.50 bits per heavy atom. The van der Waals surface area contributed by atoms with Crippen molar-refractivity contribution in [3.05, 3.63) is 34.4 Å². The second kappa shape index (κ2) is 5.82. The van der Waals surface area contributed by atoms with Crippen LogP contribution in [0.25, 0.3) is 0 Å². The molecule has 1 saturated heterocycles. The highest BCUT2D eigenvalue weighted by atomic mass is 16.6. The van der Waals surface area contributed by atoms with Crippen molar-refractivity contribution < 1.29 is 4.92 Å². The van der Waals surface area contributed by atoms with Crippen LogP contribution in [0.3, 0.4) is 0 Å². The molecule has 1 aliphatic heterocycles. The van der Waals surface area contributed by atoms with Crippen LogP contribution in [-0.2, 0) is 0 Å². The average Bonchev–Trinajstić information content (AvgIpc) is 2.88. The number of rotatable bonds is 5. The number of anilines is 1. The van der Waals surface area contributed by atoms with Crippen LogP contribution in [0.15, 0.2) is 24.3 Å². The summed E-state index contributed by atoms with van der Waals surface area (Å²) >= 11 is 0. The van der Waals surface area contributed by atoms with Gasteiger partial charge in [-0.15, -0.1) is 0 Å². The molecule has 1 aliphatic rings. The number of para-hydroxylation sites is 2. The Kier molecular flexibility index (Phi) is 4.15. The molecule has 1 aromatic rings. The number of nitrogens with zero attached hydrogens (tertiary/aromatic N) is 2. The van der Waals surface area contributed by atoms with Gasteiger partial charge < -0.3 is 10.2 Å². The summed E-state index contributed by atoms with van der Waals surface area (Å²) in [7, 11) is 0. The lowest BCUT2D eigenvalue weighted by Crippen LogP contribution is -2.37. The van der Waals surface area contributed by atoms with E-state index in [4.69, 9.17) is 0 Å². The number of hydrogen-bond acceptors (Lipinski definition) is 4. The van der Waals surface area contributed by atoms with Crippen LogP contribution >= 0.6 is 0 Å². The molecular formula is C13H19N3O2. The van der Waals surface area contributed by atoms with Crippen molar-refractivity contribution in [1.82, 2.24) is 5.32 Å². The number of nitro benzene ring substituents is 1. The van der Waals surface area contributed by atoms with Gasteiger partial charge in [-0.05, 0) is 32.4 Å². The first-order valence-electron chi connectivity index (χ1n) is 6.44. The quantitative estimate of drug-likeness (QED) is 0.642. The summed E-state index contributed by atoms with van der Waals surface area (Å²) in [6.45, 7) is 4.70. The summed E-state index contributed by atoms with van der Waals surface area (Å²) in [5.74, 6) is 0. The predicted molar refractivity (Wildman–Crippen MR) is 72.0 cm³/mol. The van der Waals surface area contributed by atoms with Gasteiger partial charge in [-0.25, -0.2) is 0 Å². The van der Waals surface area contributed by atoms with Crippen molar-refractivity contribution in [2.75, 3.05) is 24.5 Å². The second-order valence-electron chi connectivity index (χ2n) is 4.58. The van der Waals surface area contributed by atoms with Crippen LogP contribution in [0.5, 0.6) is 0 Å². The molecule has 0 bridgehead atoms. The van der Waals surface area contributed by atoms with Crippen molar-refractivity contribution in [2.45, 2.75) is 25.8 Å². The molecule has 1 unspecified atom stereocenters. The first-order valence-corrected chi connectivity index (χ1v) is 6.44. The maximum Gasteiger partial charge on any atom is 0.292 e. The predicted octanol–water partition coefficient (Wildman–Crippen LogP) is 2.17. The van der Waals surface area contributed by atoms with E-state index >= 15 is 0 Å². The van der Waals surface area contributed by atoms with Crippen LogP contribution in [0.2, 0.25) is 0 Å². The summed E-state index contributed by atoms with van der Waals surface area (Å²) in [5.41, 5.74) is 0.913. The molecular weight excluding hydrogens is 230 g/mol. The molecule has 0 saturated carbocycles. The summed E-state index contributed by atoms with van der Waals surface area (Å²) in [6, 6.07) is 7.41. The monoisotopic (exact) mass is 249 g/mol. The Morgan fingerprint density at radius 2 is 2.28 bits per heavy atom. The first-order chi connectivity index (χ1) is 8.72. The third-order valence-electron chi connectivity index (χ3n) is 3.40. The minimum atomic E-state index is -0.305. The number of benzene rings is 1. The molecule has 1 heterocycles. The van der Waals surface area contributed by atoms with Crippen LogP contribution in [-0.4, -0.2) is 30.6 Å². The summed E-state index contributed by atoms with van der Waals surface area (Å²) < 4.78 is 0. The smallest absolute Gasteiger partial charge is 0.292 e. The number of likely N-dealkylation sites (N-methyl/N-ethyl adjacent to an activating group) is 1. The van der Waals surface area contributed by atoms with E-state index in [-0.39, 0.29) is 10.6 Å². The van der Waals surface area contributed by atoms with E-state index in [9.17, 15) is 10.1 Å². The fraction of sp³-hybridized carbons (Fsp3) is 0.538.